The maximum absolute atomic E-state index is 10.7. The van der Waals surface area contributed by atoms with Crippen LogP contribution in [0.2, 0.25) is 5.02 Å². The van der Waals surface area contributed by atoms with Gasteiger partial charge in [-0.25, -0.2) is 0 Å². The Morgan fingerprint density at radius 2 is 2.28 bits per heavy atom. The summed E-state index contributed by atoms with van der Waals surface area (Å²) in [6.07, 6.45) is 2.14. The molecule has 5 heteroatoms. The van der Waals surface area contributed by atoms with Gasteiger partial charge in [0.05, 0.1) is 22.7 Å². The SMILES string of the molecule is N#Cc1c(Cl)cccc1N(CCC(=O)O)C1CC1. The van der Waals surface area contributed by atoms with Crippen molar-refractivity contribution in [3.8, 4) is 6.07 Å². The zero-order chi connectivity index (χ0) is 13.1. The smallest absolute Gasteiger partial charge is 0.305 e. The van der Waals surface area contributed by atoms with E-state index in [2.05, 4.69) is 6.07 Å². The van der Waals surface area contributed by atoms with Gasteiger partial charge in [0.15, 0.2) is 0 Å². The monoisotopic (exact) mass is 264 g/mol. The summed E-state index contributed by atoms with van der Waals surface area (Å²) < 4.78 is 0. The molecule has 0 aromatic heterocycles. The van der Waals surface area contributed by atoms with Crippen molar-refractivity contribution >= 4 is 23.3 Å². The van der Waals surface area contributed by atoms with Crippen molar-refractivity contribution in [2.75, 3.05) is 11.4 Å². The second kappa shape index (κ2) is 5.28. The molecule has 0 bridgehead atoms. The highest BCUT2D eigenvalue weighted by Crippen LogP contribution is 2.35. The topological polar surface area (TPSA) is 64.3 Å². The molecule has 1 fully saturated rings. The van der Waals surface area contributed by atoms with Crippen molar-refractivity contribution in [2.24, 2.45) is 0 Å². The highest BCUT2D eigenvalue weighted by molar-refractivity contribution is 6.32. The fraction of sp³-hybridized carbons (Fsp3) is 0.385. The summed E-state index contributed by atoms with van der Waals surface area (Å²) in [5, 5.41) is 18.3. The lowest BCUT2D eigenvalue weighted by molar-refractivity contribution is -0.136. The number of anilines is 1. The molecule has 0 heterocycles. The van der Waals surface area contributed by atoms with Gasteiger partial charge in [-0.05, 0) is 25.0 Å². The molecule has 1 N–H and O–H groups in total. The van der Waals surface area contributed by atoms with Crippen LogP contribution in [0.1, 0.15) is 24.8 Å². The quantitative estimate of drug-likeness (QED) is 0.888. The van der Waals surface area contributed by atoms with Gasteiger partial charge in [0, 0.05) is 12.6 Å². The largest absolute Gasteiger partial charge is 0.481 e. The zero-order valence-corrected chi connectivity index (χ0v) is 10.5. The molecular weight excluding hydrogens is 252 g/mol. The van der Waals surface area contributed by atoms with E-state index < -0.39 is 5.97 Å². The van der Waals surface area contributed by atoms with Crippen LogP contribution < -0.4 is 4.90 Å². The molecule has 18 heavy (non-hydrogen) atoms. The van der Waals surface area contributed by atoms with Crippen LogP contribution in [0.5, 0.6) is 0 Å². The molecule has 0 radical (unpaired) electrons. The Labute approximate surface area is 110 Å². The number of nitriles is 1. The molecule has 1 aromatic rings. The fourth-order valence-electron chi connectivity index (χ4n) is 1.96. The highest BCUT2D eigenvalue weighted by Gasteiger charge is 2.31. The van der Waals surface area contributed by atoms with Crippen molar-refractivity contribution < 1.29 is 9.90 Å². The third-order valence-electron chi connectivity index (χ3n) is 2.97. The molecule has 1 saturated carbocycles. The minimum absolute atomic E-state index is 0.0634. The van der Waals surface area contributed by atoms with E-state index >= 15 is 0 Å². The molecule has 1 aliphatic rings. The van der Waals surface area contributed by atoms with Gasteiger partial charge in [-0.3, -0.25) is 4.79 Å². The molecule has 0 spiro atoms. The maximum Gasteiger partial charge on any atom is 0.305 e. The number of benzene rings is 1. The van der Waals surface area contributed by atoms with E-state index in [1.165, 1.54) is 0 Å². The van der Waals surface area contributed by atoms with E-state index in [9.17, 15) is 4.79 Å². The van der Waals surface area contributed by atoms with Gasteiger partial charge in [0.25, 0.3) is 0 Å². The van der Waals surface area contributed by atoms with E-state index in [-0.39, 0.29) is 6.42 Å². The van der Waals surface area contributed by atoms with Crippen LogP contribution in [0.4, 0.5) is 5.69 Å². The Balaban J connectivity index is 2.28. The van der Waals surface area contributed by atoms with Crippen molar-refractivity contribution in [2.45, 2.75) is 25.3 Å². The third-order valence-corrected chi connectivity index (χ3v) is 3.28. The summed E-state index contributed by atoms with van der Waals surface area (Å²) in [5.74, 6) is -0.832. The van der Waals surface area contributed by atoms with Crippen LogP contribution in [0, 0.1) is 11.3 Å². The van der Waals surface area contributed by atoms with Crippen LogP contribution in [0.25, 0.3) is 0 Å². The van der Waals surface area contributed by atoms with E-state index in [1.807, 2.05) is 11.0 Å². The molecule has 2 rings (SSSR count). The van der Waals surface area contributed by atoms with Crippen LogP contribution in [-0.2, 0) is 4.79 Å². The number of carboxylic acids is 1. The molecule has 0 atom stereocenters. The molecule has 1 aliphatic carbocycles. The van der Waals surface area contributed by atoms with Gasteiger partial charge in [-0.1, -0.05) is 17.7 Å². The van der Waals surface area contributed by atoms with E-state index in [0.717, 1.165) is 18.5 Å². The molecule has 0 unspecified atom stereocenters. The van der Waals surface area contributed by atoms with Gasteiger partial charge >= 0.3 is 5.97 Å². The number of carbonyl (C=O) groups is 1. The summed E-state index contributed by atoms with van der Waals surface area (Å²) in [4.78, 5) is 12.7. The number of hydrogen-bond acceptors (Lipinski definition) is 3. The molecule has 0 saturated heterocycles. The Morgan fingerprint density at radius 3 is 2.83 bits per heavy atom. The summed E-state index contributed by atoms with van der Waals surface area (Å²) in [6, 6.07) is 7.72. The molecular formula is C13H13ClN2O2. The van der Waals surface area contributed by atoms with Gasteiger partial charge in [-0.15, -0.1) is 0 Å². The van der Waals surface area contributed by atoms with Crippen LogP contribution >= 0.6 is 11.6 Å². The number of nitrogens with zero attached hydrogens (tertiary/aromatic N) is 2. The van der Waals surface area contributed by atoms with Crippen molar-refractivity contribution in [1.82, 2.24) is 0 Å². The number of aliphatic carboxylic acids is 1. The first kappa shape index (κ1) is 12.7. The van der Waals surface area contributed by atoms with Crippen LogP contribution in [0.3, 0.4) is 0 Å². The Bertz CT molecular complexity index is 506. The highest BCUT2D eigenvalue weighted by atomic mass is 35.5. The first-order chi connectivity index (χ1) is 8.63. The summed E-state index contributed by atoms with van der Waals surface area (Å²) in [5.41, 5.74) is 1.17. The Morgan fingerprint density at radius 1 is 1.56 bits per heavy atom. The lowest BCUT2D eigenvalue weighted by atomic mass is 10.1. The predicted molar refractivity (Wildman–Crippen MR) is 68.8 cm³/mol. The lowest BCUT2D eigenvalue weighted by Gasteiger charge is -2.25. The van der Waals surface area contributed by atoms with E-state index in [4.69, 9.17) is 22.0 Å². The van der Waals surface area contributed by atoms with Crippen LogP contribution in [0.15, 0.2) is 18.2 Å². The minimum atomic E-state index is -0.832. The fourth-order valence-corrected chi connectivity index (χ4v) is 2.18. The average Bonchev–Trinajstić information content (AvgIpc) is 3.13. The minimum Gasteiger partial charge on any atom is -0.481 e. The summed E-state index contributed by atoms with van der Waals surface area (Å²) in [7, 11) is 0. The van der Waals surface area contributed by atoms with Gasteiger partial charge in [0.2, 0.25) is 0 Å². The zero-order valence-electron chi connectivity index (χ0n) is 9.77. The van der Waals surface area contributed by atoms with Gasteiger partial charge in [-0.2, -0.15) is 5.26 Å². The maximum atomic E-state index is 10.7. The van der Waals surface area contributed by atoms with Gasteiger partial charge < -0.3 is 10.0 Å². The number of halogens is 1. The predicted octanol–water partition coefficient (Wildman–Crippen LogP) is 2.66. The normalized spacial score (nSPS) is 14.0. The van der Waals surface area contributed by atoms with E-state index in [0.29, 0.717) is 23.2 Å². The second-order valence-corrected chi connectivity index (χ2v) is 4.72. The number of rotatable bonds is 5. The third kappa shape index (κ3) is 2.74. The average molecular weight is 265 g/mol. The summed E-state index contributed by atoms with van der Waals surface area (Å²) >= 11 is 6.00. The first-order valence-corrected chi connectivity index (χ1v) is 6.18. The number of hydrogen-bond donors (Lipinski definition) is 1. The lowest BCUT2D eigenvalue weighted by Crippen LogP contribution is -2.29. The van der Waals surface area contributed by atoms with Crippen molar-refractivity contribution in [3.05, 3.63) is 28.8 Å². The van der Waals surface area contributed by atoms with Crippen LogP contribution in [-0.4, -0.2) is 23.7 Å². The Hall–Kier alpha value is -1.73. The molecule has 0 aliphatic heterocycles. The Kier molecular flexibility index (Phi) is 3.73. The molecule has 1 aromatic carbocycles. The van der Waals surface area contributed by atoms with Crippen molar-refractivity contribution in [1.29, 1.82) is 5.26 Å². The summed E-state index contributed by atoms with van der Waals surface area (Å²) in [6.45, 7) is 0.412. The van der Waals surface area contributed by atoms with Gasteiger partial charge in [0.1, 0.15) is 6.07 Å². The first-order valence-electron chi connectivity index (χ1n) is 5.80. The number of carboxylic acid groups (broad SMARTS) is 1. The second-order valence-electron chi connectivity index (χ2n) is 4.31. The molecule has 4 nitrogen and oxygen atoms in total. The van der Waals surface area contributed by atoms with Crippen molar-refractivity contribution in [3.63, 3.8) is 0 Å². The molecule has 94 valence electrons. The standard InChI is InChI=1S/C13H13ClN2O2/c14-11-2-1-3-12(10(11)8-15)16(9-4-5-9)7-6-13(17)18/h1-3,9H,4-7H2,(H,17,18). The molecule has 0 amide bonds. The van der Waals surface area contributed by atoms with E-state index in [1.54, 1.807) is 12.1 Å².